The van der Waals surface area contributed by atoms with Crippen molar-refractivity contribution in [2.45, 2.75) is 32.5 Å². The second-order valence-electron chi connectivity index (χ2n) is 5.64. The summed E-state index contributed by atoms with van der Waals surface area (Å²) in [6.07, 6.45) is -2.28. The molecule has 0 saturated carbocycles. The van der Waals surface area contributed by atoms with E-state index in [0.29, 0.717) is 11.6 Å². The summed E-state index contributed by atoms with van der Waals surface area (Å²) in [5.74, 6) is -0.548. The lowest BCUT2D eigenvalue weighted by Gasteiger charge is -2.13. The highest BCUT2D eigenvalue weighted by molar-refractivity contribution is 7.15. The molecular formula is C16H18F3N3OS. The number of thiazole rings is 1. The Hall–Kier alpha value is -1.93. The Kier molecular flexibility index (Phi) is 5.61. The van der Waals surface area contributed by atoms with E-state index in [1.165, 1.54) is 23.5 Å². The molecule has 0 spiro atoms. The van der Waals surface area contributed by atoms with Crippen LogP contribution in [-0.2, 0) is 17.4 Å². The van der Waals surface area contributed by atoms with Crippen molar-refractivity contribution in [2.75, 3.05) is 5.32 Å². The van der Waals surface area contributed by atoms with Gasteiger partial charge in [0, 0.05) is 23.5 Å². The standard InChI is InChI=1S/C16H18F3N3OS/c1-9(10(2)20)14(23)22-15-21-8-13(24-15)7-11-3-5-12(6-4-11)16(17,18)19/h3-6,8-10H,7,20H2,1-2H3,(H,21,22,23). The average Bonchev–Trinajstić information content (AvgIpc) is 2.93. The number of halogens is 3. The molecule has 1 heterocycles. The SMILES string of the molecule is CC(N)C(C)C(=O)Nc1ncc(Cc2ccc(C(F)(F)F)cc2)s1. The first-order valence-corrected chi connectivity index (χ1v) is 8.15. The fraction of sp³-hybridized carbons (Fsp3) is 0.375. The molecule has 0 aliphatic carbocycles. The van der Waals surface area contributed by atoms with Crippen LogP contribution in [0.2, 0.25) is 0 Å². The number of nitrogens with zero attached hydrogens (tertiary/aromatic N) is 1. The molecule has 0 fully saturated rings. The number of hydrogen-bond acceptors (Lipinski definition) is 4. The van der Waals surface area contributed by atoms with E-state index in [0.717, 1.165) is 22.6 Å². The molecule has 1 amide bonds. The van der Waals surface area contributed by atoms with Gasteiger partial charge in [-0.3, -0.25) is 4.79 Å². The van der Waals surface area contributed by atoms with Gasteiger partial charge in [-0.25, -0.2) is 4.98 Å². The molecule has 1 aromatic heterocycles. The lowest BCUT2D eigenvalue weighted by atomic mass is 10.0. The Morgan fingerprint density at radius 3 is 2.46 bits per heavy atom. The van der Waals surface area contributed by atoms with Crippen LogP contribution in [0.4, 0.5) is 18.3 Å². The number of rotatable bonds is 5. The topological polar surface area (TPSA) is 68.0 Å². The van der Waals surface area contributed by atoms with Gasteiger partial charge in [0.05, 0.1) is 11.5 Å². The number of carbonyl (C=O) groups excluding carboxylic acids is 1. The van der Waals surface area contributed by atoms with E-state index >= 15 is 0 Å². The van der Waals surface area contributed by atoms with Crippen molar-refractivity contribution in [3.05, 3.63) is 46.5 Å². The zero-order chi connectivity index (χ0) is 17.9. The van der Waals surface area contributed by atoms with Crippen LogP contribution in [0.3, 0.4) is 0 Å². The van der Waals surface area contributed by atoms with Gasteiger partial charge in [0.1, 0.15) is 0 Å². The molecule has 1 aromatic carbocycles. The van der Waals surface area contributed by atoms with Gasteiger partial charge in [0.2, 0.25) is 5.91 Å². The van der Waals surface area contributed by atoms with E-state index in [2.05, 4.69) is 10.3 Å². The maximum absolute atomic E-state index is 12.5. The van der Waals surface area contributed by atoms with Gasteiger partial charge in [-0.2, -0.15) is 13.2 Å². The monoisotopic (exact) mass is 357 g/mol. The summed E-state index contributed by atoms with van der Waals surface area (Å²) in [5.41, 5.74) is 5.75. The van der Waals surface area contributed by atoms with Crippen LogP contribution in [0.1, 0.15) is 29.9 Å². The summed E-state index contributed by atoms with van der Waals surface area (Å²) in [6, 6.07) is 4.74. The Balaban J connectivity index is 2.00. The van der Waals surface area contributed by atoms with Crippen molar-refractivity contribution in [3.8, 4) is 0 Å². The predicted octanol–water partition coefficient (Wildman–Crippen LogP) is 3.67. The van der Waals surface area contributed by atoms with Crippen molar-refractivity contribution < 1.29 is 18.0 Å². The maximum Gasteiger partial charge on any atom is 0.416 e. The molecule has 2 atom stereocenters. The molecule has 4 nitrogen and oxygen atoms in total. The molecule has 2 unspecified atom stereocenters. The van der Waals surface area contributed by atoms with E-state index in [1.54, 1.807) is 20.0 Å². The molecule has 3 N–H and O–H groups in total. The first-order valence-electron chi connectivity index (χ1n) is 7.34. The molecule has 2 rings (SSSR count). The van der Waals surface area contributed by atoms with Crippen molar-refractivity contribution >= 4 is 22.4 Å². The first-order chi connectivity index (χ1) is 11.2. The van der Waals surface area contributed by atoms with Crippen LogP contribution < -0.4 is 11.1 Å². The Morgan fingerprint density at radius 2 is 1.92 bits per heavy atom. The van der Waals surface area contributed by atoms with Gasteiger partial charge in [-0.05, 0) is 24.6 Å². The van der Waals surface area contributed by atoms with E-state index in [-0.39, 0.29) is 17.9 Å². The number of alkyl halides is 3. The lowest BCUT2D eigenvalue weighted by molar-refractivity contribution is -0.137. The molecule has 0 radical (unpaired) electrons. The summed E-state index contributed by atoms with van der Waals surface area (Å²) in [6.45, 7) is 3.48. The second kappa shape index (κ2) is 7.31. The first kappa shape index (κ1) is 18.4. The number of nitrogens with one attached hydrogen (secondary N) is 1. The van der Waals surface area contributed by atoms with E-state index < -0.39 is 11.7 Å². The minimum atomic E-state index is -4.34. The third kappa shape index (κ3) is 4.78. The summed E-state index contributed by atoms with van der Waals surface area (Å²) in [5, 5.41) is 3.15. The molecule has 130 valence electrons. The highest BCUT2D eigenvalue weighted by atomic mass is 32.1. The van der Waals surface area contributed by atoms with Crippen LogP contribution in [0.15, 0.2) is 30.5 Å². The Morgan fingerprint density at radius 1 is 1.29 bits per heavy atom. The summed E-state index contributed by atoms with van der Waals surface area (Å²) < 4.78 is 37.6. The Bertz CT molecular complexity index is 695. The summed E-state index contributed by atoms with van der Waals surface area (Å²) in [4.78, 5) is 16.9. The van der Waals surface area contributed by atoms with Crippen molar-refractivity contribution in [2.24, 2.45) is 11.7 Å². The molecule has 2 aromatic rings. The number of hydrogen-bond donors (Lipinski definition) is 2. The van der Waals surface area contributed by atoms with E-state index in [4.69, 9.17) is 5.73 Å². The summed E-state index contributed by atoms with van der Waals surface area (Å²) in [7, 11) is 0. The fourth-order valence-corrected chi connectivity index (χ4v) is 2.77. The number of carbonyl (C=O) groups is 1. The maximum atomic E-state index is 12.5. The van der Waals surface area contributed by atoms with Crippen molar-refractivity contribution in [3.63, 3.8) is 0 Å². The summed E-state index contributed by atoms with van der Waals surface area (Å²) >= 11 is 1.29. The highest BCUT2D eigenvalue weighted by Gasteiger charge is 2.29. The highest BCUT2D eigenvalue weighted by Crippen LogP contribution is 2.30. The van der Waals surface area contributed by atoms with Crippen LogP contribution in [0.25, 0.3) is 0 Å². The fourth-order valence-electron chi connectivity index (χ4n) is 1.92. The van der Waals surface area contributed by atoms with Gasteiger partial charge in [-0.15, -0.1) is 11.3 Å². The zero-order valence-electron chi connectivity index (χ0n) is 13.2. The quantitative estimate of drug-likeness (QED) is 0.858. The third-order valence-electron chi connectivity index (χ3n) is 3.65. The number of nitrogens with two attached hydrogens (primary N) is 1. The van der Waals surface area contributed by atoms with Crippen LogP contribution >= 0.6 is 11.3 Å². The van der Waals surface area contributed by atoms with Gasteiger partial charge < -0.3 is 11.1 Å². The van der Waals surface area contributed by atoms with Crippen molar-refractivity contribution in [1.82, 2.24) is 4.98 Å². The van der Waals surface area contributed by atoms with E-state index in [9.17, 15) is 18.0 Å². The van der Waals surface area contributed by atoms with Gasteiger partial charge in [0.15, 0.2) is 5.13 Å². The number of amides is 1. The predicted molar refractivity (Wildman–Crippen MR) is 87.8 cm³/mol. The zero-order valence-corrected chi connectivity index (χ0v) is 14.0. The third-order valence-corrected chi connectivity index (χ3v) is 4.56. The minimum absolute atomic E-state index is 0.208. The van der Waals surface area contributed by atoms with Crippen LogP contribution in [0.5, 0.6) is 0 Å². The average molecular weight is 357 g/mol. The molecule has 0 saturated heterocycles. The van der Waals surface area contributed by atoms with Crippen LogP contribution in [0, 0.1) is 5.92 Å². The Labute approximate surface area is 141 Å². The largest absolute Gasteiger partial charge is 0.416 e. The number of aromatic nitrogens is 1. The van der Waals surface area contributed by atoms with Crippen LogP contribution in [-0.4, -0.2) is 16.9 Å². The smallest absolute Gasteiger partial charge is 0.327 e. The second-order valence-corrected chi connectivity index (χ2v) is 6.76. The number of anilines is 1. The normalized spacial score (nSPS) is 14.2. The van der Waals surface area contributed by atoms with Crippen molar-refractivity contribution in [1.29, 1.82) is 0 Å². The molecular weight excluding hydrogens is 339 g/mol. The van der Waals surface area contributed by atoms with Gasteiger partial charge in [0.25, 0.3) is 0 Å². The molecule has 0 bridgehead atoms. The molecule has 0 aliphatic rings. The van der Waals surface area contributed by atoms with E-state index in [1.807, 2.05) is 0 Å². The van der Waals surface area contributed by atoms with Gasteiger partial charge in [-0.1, -0.05) is 19.1 Å². The molecule has 8 heteroatoms. The number of benzene rings is 1. The van der Waals surface area contributed by atoms with Gasteiger partial charge >= 0.3 is 6.18 Å². The minimum Gasteiger partial charge on any atom is -0.327 e. The lowest BCUT2D eigenvalue weighted by Crippen LogP contribution is -2.34. The molecule has 0 aliphatic heterocycles. The molecule has 24 heavy (non-hydrogen) atoms.